The third kappa shape index (κ3) is 2.27. The van der Waals surface area contributed by atoms with Gasteiger partial charge in [0.15, 0.2) is 5.78 Å². The molecular weight excluding hydrogens is 230 g/mol. The Morgan fingerprint density at radius 1 is 1.28 bits per heavy atom. The second-order valence-electron chi connectivity index (χ2n) is 4.06. The van der Waals surface area contributed by atoms with E-state index in [0.29, 0.717) is 17.9 Å². The Bertz CT molecular complexity index is 598. The van der Waals surface area contributed by atoms with Crippen molar-refractivity contribution in [3.05, 3.63) is 35.5 Å². The molecule has 4 nitrogen and oxygen atoms in total. The van der Waals surface area contributed by atoms with Gasteiger partial charge in [0, 0.05) is 22.2 Å². The van der Waals surface area contributed by atoms with E-state index in [1.165, 1.54) is 6.92 Å². The first-order chi connectivity index (χ1) is 8.63. The van der Waals surface area contributed by atoms with Crippen LogP contribution in [-0.4, -0.2) is 23.3 Å². The smallest absolute Gasteiger partial charge is 0.311 e. The van der Waals surface area contributed by atoms with Crippen LogP contribution in [0.3, 0.4) is 0 Å². The van der Waals surface area contributed by atoms with Gasteiger partial charge in [-0.1, -0.05) is 18.2 Å². The number of aromatic nitrogens is 1. The number of para-hydroxylation sites is 1. The minimum absolute atomic E-state index is 0.0493. The zero-order valence-electron chi connectivity index (χ0n) is 10.4. The SMILES string of the molecule is CCOC(=O)Cc1[nH]c2ccccc2c1C(C)=O. The zero-order chi connectivity index (χ0) is 13.1. The van der Waals surface area contributed by atoms with Crippen LogP contribution in [-0.2, 0) is 16.0 Å². The number of H-pyrrole nitrogens is 1. The molecule has 18 heavy (non-hydrogen) atoms. The summed E-state index contributed by atoms with van der Waals surface area (Å²) in [5.41, 5.74) is 2.07. The minimum Gasteiger partial charge on any atom is -0.466 e. The van der Waals surface area contributed by atoms with Gasteiger partial charge in [0.05, 0.1) is 13.0 Å². The third-order valence-corrected chi connectivity index (χ3v) is 2.76. The molecule has 0 radical (unpaired) electrons. The van der Waals surface area contributed by atoms with Crippen LogP contribution in [0.2, 0.25) is 0 Å². The molecule has 0 saturated heterocycles. The first-order valence-corrected chi connectivity index (χ1v) is 5.89. The summed E-state index contributed by atoms with van der Waals surface area (Å²) in [6.45, 7) is 3.60. The third-order valence-electron chi connectivity index (χ3n) is 2.76. The van der Waals surface area contributed by atoms with Crippen molar-refractivity contribution in [2.24, 2.45) is 0 Å². The Hall–Kier alpha value is -2.10. The Kier molecular flexibility index (Phi) is 3.46. The van der Waals surface area contributed by atoms with Gasteiger partial charge < -0.3 is 9.72 Å². The summed E-state index contributed by atoms with van der Waals surface area (Å²) in [4.78, 5) is 26.3. The van der Waals surface area contributed by atoms with Gasteiger partial charge in [-0.05, 0) is 19.9 Å². The molecule has 2 rings (SSSR count). The number of hydrogen-bond acceptors (Lipinski definition) is 3. The van der Waals surface area contributed by atoms with Gasteiger partial charge in [-0.2, -0.15) is 0 Å². The molecule has 1 aromatic heterocycles. The van der Waals surface area contributed by atoms with E-state index in [9.17, 15) is 9.59 Å². The van der Waals surface area contributed by atoms with Crippen molar-refractivity contribution in [3.8, 4) is 0 Å². The number of aromatic amines is 1. The fourth-order valence-corrected chi connectivity index (χ4v) is 2.09. The molecule has 0 unspecified atom stereocenters. The van der Waals surface area contributed by atoms with E-state index < -0.39 is 0 Å². The average molecular weight is 245 g/mol. The molecule has 1 N–H and O–H groups in total. The standard InChI is InChI=1S/C14H15NO3/c1-3-18-13(17)8-12-14(9(2)16)10-6-4-5-7-11(10)15-12/h4-7,15H,3,8H2,1-2H3. The fraction of sp³-hybridized carbons (Fsp3) is 0.286. The van der Waals surface area contributed by atoms with Crippen molar-refractivity contribution >= 4 is 22.7 Å². The van der Waals surface area contributed by atoms with Crippen LogP contribution < -0.4 is 0 Å². The molecule has 1 aromatic carbocycles. The maximum absolute atomic E-state index is 11.7. The Morgan fingerprint density at radius 3 is 2.67 bits per heavy atom. The van der Waals surface area contributed by atoms with E-state index in [4.69, 9.17) is 4.74 Å². The van der Waals surface area contributed by atoms with E-state index in [1.807, 2.05) is 24.3 Å². The molecule has 0 spiro atoms. The summed E-state index contributed by atoms with van der Waals surface area (Å²) < 4.78 is 4.91. The van der Waals surface area contributed by atoms with E-state index in [0.717, 1.165) is 10.9 Å². The van der Waals surface area contributed by atoms with E-state index >= 15 is 0 Å². The summed E-state index contributed by atoms with van der Waals surface area (Å²) in [6, 6.07) is 7.52. The van der Waals surface area contributed by atoms with Crippen LogP contribution in [0.4, 0.5) is 0 Å². The summed E-state index contributed by atoms with van der Waals surface area (Å²) in [5, 5.41) is 0.851. The van der Waals surface area contributed by atoms with Crippen molar-refractivity contribution in [2.45, 2.75) is 20.3 Å². The van der Waals surface area contributed by atoms with Gasteiger partial charge in [-0.25, -0.2) is 0 Å². The monoisotopic (exact) mass is 245 g/mol. The number of Topliss-reactive ketones (excluding diaryl/α,β-unsaturated/α-hetero) is 1. The Balaban J connectivity index is 2.46. The lowest BCUT2D eigenvalue weighted by atomic mass is 10.1. The molecule has 0 bridgehead atoms. The zero-order valence-corrected chi connectivity index (χ0v) is 10.4. The lowest BCUT2D eigenvalue weighted by Gasteiger charge is -2.02. The predicted molar refractivity (Wildman–Crippen MR) is 68.6 cm³/mol. The molecule has 94 valence electrons. The molecule has 1 heterocycles. The molecule has 0 saturated carbocycles. The maximum Gasteiger partial charge on any atom is 0.311 e. The van der Waals surface area contributed by atoms with E-state index in [1.54, 1.807) is 6.92 Å². The number of rotatable bonds is 4. The Morgan fingerprint density at radius 2 is 2.00 bits per heavy atom. The molecule has 0 aliphatic heterocycles. The molecule has 0 fully saturated rings. The summed E-state index contributed by atoms with van der Waals surface area (Å²) in [7, 11) is 0. The van der Waals surface area contributed by atoms with Crippen molar-refractivity contribution in [3.63, 3.8) is 0 Å². The van der Waals surface area contributed by atoms with Gasteiger partial charge in [0.1, 0.15) is 0 Å². The number of benzene rings is 1. The van der Waals surface area contributed by atoms with Gasteiger partial charge in [-0.15, -0.1) is 0 Å². The van der Waals surface area contributed by atoms with E-state index in [2.05, 4.69) is 4.98 Å². The molecule has 2 aromatic rings. The number of carbonyl (C=O) groups excluding carboxylic acids is 2. The average Bonchev–Trinajstić information content (AvgIpc) is 2.66. The highest BCUT2D eigenvalue weighted by atomic mass is 16.5. The molecule has 0 aliphatic carbocycles. The van der Waals surface area contributed by atoms with Crippen molar-refractivity contribution in [1.82, 2.24) is 4.98 Å². The Labute approximate surface area is 105 Å². The molecule has 4 heteroatoms. The quantitative estimate of drug-likeness (QED) is 0.665. The van der Waals surface area contributed by atoms with Crippen LogP contribution >= 0.6 is 0 Å². The van der Waals surface area contributed by atoms with E-state index in [-0.39, 0.29) is 18.2 Å². The minimum atomic E-state index is -0.327. The van der Waals surface area contributed by atoms with Gasteiger partial charge in [0.2, 0.25) is 0 Å². The number of ketones is 1. The summed E-state index contributed by atoms with van der Waals surface area (Å²) >= 11 is 0. The summed E-state index contributed by atoms with van der Waals surface area (Å²) in [6.07, 6.45) is 0.0947. The number of hydrogen-bond donors (Lipinski definition) is 1. The lowest BCUT2D eigenvalue weighted by molar-refractivity contribution is -0.142. The van der Waals surface area contributed by atoms with Gasteiger partial charge >= 0.3 is 5.97 Å². The maximum atomic E-state index is 11.7. The second-order valence-corrected chi connectivity index (χ2v) is 4.06. The van der Waals surface area contributed by atoms with Gasteiger partial charge in [0.25, 0.3) is 0 Å². The normalized spacial score (nSPS) is 10.6. The van der Waals surface area contributed by atoms with Crippen molar-refractivity contribution < 1.29 is 14.3 Å². The van der Waals surface area contributed by atoms with Crippen LogP contribution in [0.1, 0.15) is 29.9 Å². The van der Waals surface area contributed by atoms with Crippen molar-refractivity contribution in [1.29, 1.82) is 0 Å². The fourth-order valence-electron chi connectivity index (χ4n) is 2.09. The summed E-state index contributed by atoms with van der Waals surface area (Å²) in [5.74, 6) is -0.377. The van der Waals surface area contributed by atoms with Crippen LogP contribution in [0.5, 0.6) is 0 Å². The predicted octanol–water partition coefficient (Wildman–Crippen LogP) is 2.48. The van der Waals surface area contributed by atoms with Crippen molar-refractivity contribution in [2.75, 3.05) is 6.61 Å². The molecule has 0 amide bonds. The van der Waals surface area contributed by atoms with Crippen LogP contribution in [0.15, 0.2) is 24.3 Å². The number of esters is 1. The van der Waals surface area contributed by atoms with Gasteiger partial charge in [-0.3, -0.25) is 9.59 Å². The highest BCUT2D eigenvalue weighted by Crippen LogP contribution is 2.23. The number of ether oxygens (including phenoxy) is 1. The first-order valence-electron chi connectivity index (χ1n) is 5.89. The number of fused-ring (bicyclic) bond motifs is 1. The van der Waals surface area contributed by atoms with Crippen LogP contribution in [0.25, 0.3) is 10.9 Å². The molecular formula is C14H15NO3. The number of carbonyl (C=O) groups is 2. The largest absolute Gasteiger partial charge is 0.466 e. The lowest BCUT2D eigenvalue weighted by Crippen LogP contribution is -2.10. The molecule has 0 aliphatic rings. The van der Waals surface area contributed by atoms with Crippen LogP contribution in [0, 0.1) is 0 Å². The molecule has 0 atom stereocenters. The highest BCUT2D eigenvalue weighted by molar-refractivity contribution is 6.08. The highest BCUT2D eigenvalue weighted by Gasteiger charge is 2.17. The second kappa shape index (κ2) is 5.04. The first kappa shape index (κ1) is 12.4. The topological polar surface area (TPSA) is 59.2 Å². The number of nitrogens with one attached hydrogen (secondary N) is 1.